The van der Waals surface area contributed by atoms with Gasteiger partial charge >= 0.3 is 12.9 Å². The lowest BCUT2D eigenvalue weighted by Crippen LogP contribution is -2.58. The number of carbonyl (C=O) groups excluding carboxylic acids is 4. The third-order valence-electron chi connectivity index (χ3n) is 12.0. The number of carbonyl (C=O) groups is 4. The van der Waals surface area contributed by atoms with Gasteiger partial charge in [0.05, 0.1) is 16.8 Å². The molecule has 2 aliphatic carbocycles. The highest BCUT2D eigenvalue weighted by Gasteiger charge is 2.63. The van der Waals surface area contributed by atoms with Gasteiger partial charge in [-0.05, 0) is 87.2 Å². The van der Waals surface area contributed by atoms with Gasteiger partial charge in [0.25, 0.3) is 11.8 Å². The van der Waals surface area contributed by atoms with Crippen LogP contribution in [-0.2, 0) is 24.4 Å². The molecule has 0 radical (unpaired) electrons. The Morgan fingerprint density at radius 3 is 2.49 bits per heavy atom. The van der Waals surface area contributed by atoms with Crippen molar-refractivity contribution >= 4 is 55.3 Å². The van der Waals surface area contributed by atoms with E-state index in [1.165, 1.54) is 19.1 Å². The molecule has 0 spiro atoms. The van der Waals surface area contributed by atoms with Crippen molar-refractivity contribution in [3.8, 4) is 11.6 Å². The molecule has 22 heteroatoms. The summed E-state index contributed by atoms with van der Waals surface area (Å²) in [5.74, 6) is -5.63. The van der Waals surface area contributed by atoms with Crippen LogP contribution in [0, 0.1) is 11.7 Å². The van der Waals surface area contributed by atoms with Gasteiger partial charge in [-0.25, -0.2) is 22.5 Å². The maximum Gasteiger partial charge on any atom is 0.573 e. The predicted octanol–water partition coefficient (Wildman–Crippen LogP) is 5.56. The quantitative estimate of drug-likeness (QED) is 0.109. The van der Waals surface area contributed by atoms with Crippen LogP contribution in [-0.4, -0.2) is 93.1 Å². The summed E-state index contributed by atoms with van der Waals surface area (Å²) >= 11 is 0. The number of hydrogen-bond donors (Lipinski definition) is 3. The number of ether oxygens (including phenoxy) is 2. The largest absolute Gasteiger partial charge is 0.573 e. The highest BCUT2D eigenvalue weighted by atomic mass is 32.2. The van der Waals surface area contributed by atoms with E-state index in [9.17, 15) is 53.9 Å². The van der Waals surface area contributed by atoms with Crippen LogP contribution in [0.4, 0.5) is 26.3 Å². The molecule has 4 heterocycles. The van der Waals surface area contributed by atoms with Gasteiger partial charge in [-0.1, -0.05) is 25.0 Å². The van der Waals surface area contributed by atoms with Gasteiger partial charge in [-0.2, -0.15) is 13.9 Å². The van der Waals surface area contributed by atoms with Crippen LogP contribution in [0.3, 0.4) is 0 Å². The molecule has 1 saturated heterocycles. The van der Waals surface area contributed by atoms with Gasteiger partial charge in [0, 0.05) is 35.4 Å². The summed E-state index contributed by atoms with van der Waals surface area (Å²) in [5.41, 5.74) is -2.19. The zero-order chi connectivity index (χ0) is 45.1. The van der Waals surface area contributed by atoms with Crippen molar-refractivity contribution in [1.29, 1.82) is 0 Å². The summed E-state index contributed by atoms with van der Waals surface area (Å²) in [6.07, 6.45) is 0.957. The van der Waals surface area contributed by atoms with E-state index >= 15 is 0 Å². The number of nitrogens with one attached hydrogen (secondary N) is 3. The van der Waals surface area contributed by atoms with Crippen LogP contribution >= 0.6 is 0 Å². The molecule has 2 aromatic heterocycles. The molecule has 3 fully saturated rings. The van der Waals surface area contributed by atoms with Crippen LogP contribution in [0.15, 0.2) is 60.8 Å². The lowest BCUT2D eigenvalue weighted by Gasteiger charge is -2.30. The molecule has 2 aliphatic heterocycles. The first-order valence-corrected chi connectivity index (χ1v) is 21.7. The first kappa shape index (κ1) is 43.7. The zero-order valence-electron chi connectivity index (χ0n) is 33.5. The number of rotatable bonds is 9. The molecular formula is C41H41F6N7O8S. The average molecular weight is 906 g/mol. The molecule has 4 aromatic rings. The molecule has 2 aromatic carbocycles. The maximum absolute atomic E-state index is 14.7. The third-order valence-corrected chi connectivity index (χ3v) is 14.2. The van der Waals surface area contributed by atoms with Crippen molar-refractivity contribution in [3.63, 3.8) is 0 Å². The van der Waals surface area contributed by atoms with Crippen LogP contribution in [0.2, 0.25) is 0 Å². The van der Waals surface area contributed by atoms with E-state index in [2.05, 4.69) is 30.2 Å². The van der Waals surface area contributed by atoms with E-state index in [4.69, 9.17) is 4.74 Å². The first-order valence-electron chi connectivity index (χ1n) is 20.2. The van der Waals surface area contributed by atoms with Crippen molar-refractivity contribution in [2.45, 2.75) is 106 Å². The van der Waals surface area contributed by atoms with E-state index in [1.807, 2.05) is 6.08 Å². The second-order valence-electron chi connectivity index (χ2n) is 16.5. The summed E-state index contributed by atoms with van der Waals surface area (Å²) in [7, 11) is -4.13. The minimum atomic E-state index is -5.03. The number of alkyl halides is 5. The Morgan fingerprint density at radius 2 is 1.78 bits per heavy atom. The first-order chi connectivity index (χ1) is 29.8. The fourth-order valence-corrected chi connectivity index (χ4v) is 9.43. The molecule has 2 saturated carbocycles. The minimum Gasteiger partial charge on any atom is -0.472 e. The lowest BCUT2D eigenvalue weighted by molar-refractivity contribution is -0.274. The fraction of sp³-hybridized carbons (Fsp3) is 0.463. The molecule has 5 atom stereocenters. The number of sulfonamides is 1. The number of fused-ring (bicyclic) bond motifs is 5. The van der Waals surface area contributed by atoms with Crippen molar-refractivity contribution in [3.05, 3.63) is 72.3 Å². The Balaban J connectivity index is 1.14. The van der Waals surface area contributed by atoms with Gasteiger partial charge in [0.15, 0.2) is 0 Å². The van der Waals surface area contributed by atoms with E-state index in [1.54, 1.807) is 6.08 Å². The van der Waals surface area contributed by atoms with E-state index in [-0.39, 0.29) is 58.0 Å². The van der Waals surface area contributed by atoms with Crippen molar-refractivity contribution in [1.82, 2.24) is 35.0 Å². The third kappa shape index (κ3) is 8.99. The summed E-state index contributed by atoms with van der Waals surface area (Å²) < 4.78 is 119. The molecule has 4 amide bonds. The molecule has 3 N–H and O–H groups in total. The zero-order valence-corrected chi connectivity index (χ0v) is 34.3. The van der Waals surface area contributed by atoms with Gasteiger partial charge in [-0.3, -0.25) is 23.9 Å². The van der Waals surface area contributed by atoms with Crippen molar-refractivity contribution in [2.24, 2.45) is 5.92 Å². The maximum atomic E-state index is 14.7. The summed E-state index contributed by atoms with van der Waals surface area (Å²) in [5, 5.41) is 9.60. The highest BCUT2D eigenvalue weighted by Crippen LogP contribution is 2.48. The number of hydrogen-bond acceptors (Lipinski definition) is 10. The fourth-order valence-electron chi connectivity index (χ4n) is 8.12. The molecule has 0 bridgehead atoms. The van der Waals surface area contributed by atoms with Crippen LogP contribution in [0.25, 0.3) is 21.7 Å². The monoisotopic (exact) mass is 905 g/mol. The normalized spacial score (nSPS) is 25.6. The minimum absolute atomic E-state index is 0.0431. The molecule has 15 nitrogen and oxygen atoms in total. The predicted molar refractivity (Wildman–Crippen MR) is 211 cm³/mol. The van der Waals surface area contributed by atoms with E-state index in [0.29, 0.717) is 38.5 Å². The Labute approximate surface area is 355 Å². The second-order valence-corrected chi connectivity index (χ2v) is 18.7. The Morgan fingerprint density at radius 1 is 1.02 bits per heavy atom. The topological polar surface area (TPSA) is 191 Å². The van der Waals surface area contributed by atoms with Gasteiger partial charge in [-0.15, -0.1) is 13.2 Å². The van der Waals surface area contributed by atoms with Gasteiger partial charge in [0.2, 0.25) is 27.7 Å². The van der Waals surface area contributed by atoms with E-state index < -0.39 is 98.2 Å². The molecule has 63 heavy (non-hydrogen) atoms. The average Bonchev–Trinajstić information content (AvgIpc) is 3.98. The molecule has 336 valence electrons. The van der Waals surface area contributed by atoms with E-state index in [0.717, 1.165) is 41.4 Å². The molecule has 0 unspecified atom stereocenters. The molecule has 4 aliphatic rings. The smallest absolute Gasteiger partial charge is 0.472 e. The summed E-state index contributed by atoms with van der Waals surface area (Å²) in [6.45, 7) is -1.89. The molecular weight excluding hydrogens is 865 g/mol. The van der Waals surface area contributed by atoms with Crippen LogP contribution in [0.1, 0.15) is 81.7 Å². The Bertz CT molecular complexity index is 2640. The van der Waals surface area contributed by atoms with Crippen molar-refractivity contribution in [2.75, 3.05) is 6.54 Å². The summed E-state index contributed by atoms with van der Waals surface area (Å²) in [6, 6.07) is 5.21. The Hall–Kier alpha value is -5.93. The SMILES string of the molecule is CC1(S(=O)(=O)NC(=O)[C@@]23C[C@H]2/C=C\CCCCC[C@H](NC(=O)c2ccn(C(F)F)n2)C(=O)N2C[C@H](Oc4nc5cc(OC(F)(F)F)ccc5c5cc(F)ccc45)C[C@H]2C(=O)N3)CC1. The van der Waals surface area contributed by atoms with Crippen LogP contribution < -0.4 is 24.8 Å². The lowest BCUT2D eigenvalue weighted by atomic mass is 10.0. The number of aromatic nitrogens is 3. The number of halogens is 6. The van der Waals surface area contributed by atoms with Gasteiger partial charge < -0.3 is 25.0 Å². The van der Waals surface area contributed by atoms with Crippen molar-refractivity contribution < 1.29 is 63.4 Å². The molecule has 8 rings (SSSR count). The number of allylic oxidation sites excluding steroid dienone is 1. The Kier molecular flexibility index (Phi) is 11.3. The number of pyridine rings is 1. The number of amides is 4. The second kappa shape index (κ2) is 16.3. The number of nitrogens with zero attached hydrogens (tertiary/aromatic N) is 4. The standard InChI is InChI=1S/C41H41F6N7O8S/c1-39(14-15-39)63(59,60)52-37(58)40-20-22(40)7-5-3-2-4-6-8-30(48-33(55)29-13-16-54(51-29)38(43)44)36(57)53-21-25(19-32(53)34(56)50-40)61-35-27-11-9-23(42)17-28(27)26-12-10-24(18-31(26)49-35)62-41(45,46)47/h5,7,9-13,16-18,22,25,30,32,38H,2-4,6,8,14-15,19-21H2,1H3,(H,48,55)(H,50,56)(H,52,58)/b7-5-/t22-,25-,30+,32+,40-/m1/s1. The summed E-state index contributed by atoms with van der Waals surface area (Å²) in [4.78, 5) is 62.1. The van der Waals surface area contributed by atoms with Gasteiger partial charge in [0.1, 0.15) is 41.0 Å². The highest BCUT2D eigenvalue weighted by molar-refractivity contribution is 7.91. The van der Waals surface area contributed by atoms with Crippen LogP contribution in [0.5, 0.6) is 11.6 Å². The number of benzene rings is 2.